The quantitative estimate of drug-likeness (QED) is 0.639. The van der Waals surface area contributed by atoms with Crippen LogP contribution in [-0.4, -0.2) is 14.3 Å². The number of nitrogens with zero attached hydrogens (tertiary/aromatic N) is 3. The average molecular weight is 444 g/mol. The Bertz CT molecular complexity index is 1350. The van der Waals surface area contributed by atoms with Crippen LogP contribution in [0, 0.1) is 11.7 Å². The monoisotopic (exact) mass is 444 g/mol. The maximum Gasteiger partial charge on any atom is 0.274 e. The molecule has 2 fully saturated rings. The number of rotatable bonds is 5. The zero-order chi connectivity index (χ0) is 22.8. The van der Waals surface area contributed by atoms with Crippen LogP contribution >= 0.6 is 0 Å². The smallest absolute Gasteiger partial charge is 0.274 e. The molecular formula is C23H23F3N4O2. The maximum atomic E-state index is 14.7. The van der Waals surface area contributed by atoms with Crippen LogP contribution in [0.15, 0.2) is 40.1 Å². The zero-order valence-corrected chi connectivity index (χ0v) is 17.7. The highest BCUT2D eigenvalue weighted by molar-refractivity contribution is 5.90. The predicted molar refractivity (Wildman–Crippen MR) is 115 cm³/mol. The van der Waals surface area contributed by atoms with Crippen LogP contribution in [0.2, 0.25) is 0 Å². The van der Waals surface area contributed by atoms with E-state index in [9.17, 15) is 22.8 Å². The minimum Gasteiger partial charge on any atom is -0.361 e. The van der Waals surface area contributed by atoms with Crippen molar-refractivity contribution in [3.63, 3.8) is 0 Å². The lowest BCUT2D eigenvalue weighted by Gasteiger charge is -2.21. The van der Waals surface area contributed by atoms with E-state index in [0.717, 1.165) is 36.4 Å². The molecule has 0 unspecified atom stereocenters. The van der Waals surface area contributed by atoms with Gasteiger partial charge >= 0.3 is 0 Å². The van der Waals surface area contributed by atoms with Gasteiger partial charge in [-0.1, -0.05) is 24.6 Å². The second-order valence-electron chi connectivity index (χ2n) is 8.90. The van der Waals surface area contributed by atoms with Crippen LogP contribution in [0.25, 0.3) is 10.8 Å². The van der Waals surface area contributed by atoms with Crippen molar-refractivity contribution in [2.75, 3.05) is 5.32 Å². The molecule has 0 bridgehead atoms. The Balaban J connectivity index is 1.61. The van der Waals surface area contributed by atoms with Gasteiger partial charge in [0.15, 0.2) is 5.82 Å². The minimum absolute atomic E-state index is 0.0663. The van der Waals surface area contributed by atoms with Gasteiger partial charge in [0.25, 0.3) is 17.5 Å². The molecule has 1 aromatic carbocycles. The van der Waals surface area contributed by atoms with Gasteiger partial charge in [0.05, 0.1) is 22.5 Å². The topological polar surface area (TPSA) is 68.9 Å². The standard InChI is InChI=1S/C23H23F3N4O2/c1-12(14-6-3-7-15(19(14)24)20(25)26)27-21-17-11-30(23-8-4-5-13(23)10-23)18(31)9-16(17)22(32)29(2)28-21/h3,6-7,9,11-13,20H,4-5,8,10H2,1-2H3,(H,27,28)/t12-,13+,23+/m1/s1. The van der Waals surface area contributed by atoms with E-state index in [1.165, 1.54) is 25.2 Å². The molecule has 2 saturated carbocycles. The third-order valence-corrected chi connectivity index (χ3v) is 7.04. The number of pyridine rings is 1. The fraction of sp³-hybridized carbons (Fsp3) is 0.435. The Morgan fingerprint density at radius 1 is 1.22 bits per heavy atom. The van der Waals surface area contributed by atoms with E-state index in [-0.39, 0.29) is 27.9 Å². The fourth-order valence-corrected chi connectivity index (χ4v) is 5.25. The van der Waals surface area contributed by atoms with Crippen LogP contribution in [-0.2, 0) is 12.6 Å². The van der Waals surface area contributed by atoms with E-state index in [2.05, 4.69) is 10.4 Å². The number of aromatic nitrogens is 3. The van der Waals surface area contributed by atoms with E-state index >= 15 is 0 Å². The molecule has 0 spiro atoms. The second kappa shape index (κ2) is 7.21. The summed E-state index contributed by atoms with van der Waals surface area (Å²) < 4.78 is 43.8. The van der Waals surface area contributed by atoms with Gasteiger partial charge in [-0.15, -0.1) is 0 Å². The number of hydrogen-bond acceptors (Lipinski definition) is 4. The molecule has 9 heteroatoms. The largest absolute Gasteiger partial charge is 0.361 e. The molecular weight excluding hydrogens is 421 g/mol. The molecule has 0 amide bonds. The Labute approximate surface area is 181 Å². The number of benzene rings is 1. The van der Waals surface area contributed by atoms with Gasteiger partial charge < -0.3 is 9.88 Å². The highest BCUT2D eigenvalue weighted by Crippen LogP contribution is 2.60. The molecule has 32 heavy (non-hydrogen) atoms. The minimum atomic E-state index is -2.93. The lowest BCUT2D eigenvalue weighted by atomic mass is 10.0. The van der Waals surface area contributed by atoms with Crippen molar-refractivity contribution < 1.29 is 13.2 Å². The summed E-state index contributed by atoms with van der Waals surface area (Å²) in [6.07, 6.45) is 2.77. The van der Waals surface area contributed by atoms with Gasteiger partial charge in [-0.2, -0.15) is 5.10 Å². The number of halogens is 3. The number of aryl methyl sites for hydroxylation is 1. The first-order valence-electron chi connectivity index (χ1n) is 10.7. The fourth-order valence-electron chi connectivity index (χ4n) is 5.25. The van der Waals surface area contributed by atoms with Crippen LogP contribution in [0.5, 0.6) is 0 Å². The van der Waals surface area contributed by atoms with E-state index in [4.69, 9.17) is 0 Å². The first-order valence-corrected chi connectivity index (χ1v) is 10.7. The molecule has 6 nitrogen and oxygen atoms in total. The van der Waals surface area contributed by atoms with Gasteiger partial charge in [0, 0.05) is 30.3 Å². The number of fused-ring (bicyclic) bond motifs is 2. The Kier molecular flexibility index (Phi) is 4.69. The number of anilines is 1. The van der Waals surface area contributed by atoms with Crippen LogP contribution in [0.3, 0.4) is 0 Å². The highest BCUT2D eigenvalue weighted by Gasteiger charge is 2.58. The molecule has 2 aliphatic rings. The van der Waals surface area contributed by atoms with Gasteiger partial charge in [0.2, 0.25) is 0 Å². The van der Waals surface area contributed by atoms with Crippen LogP contribution < -0.4 is 16.4 Å². The molecule has 168 valence electrons. The van der Waals surface area contributed by atoms with Gasteiger partial charge in [0.1, 0.15) is 5.82 Å². The molecule has 0 radical (unpaired) electrons. The molecule has 5 rings (SSSR count). The first kappa shape index (κ1) is 20.8. The summed E-state index contributed by atoms with van der Waals surface area (Å²) in [7, 11) is 1.47. The molecule has 3 atom stereocenters. The van der Waals surface area contributed by atoms with Crippen molar-refractivity contribution in [3.05, 3.63) is 68.1 Å². The van der Waals surface area contributed by atoms with Crippen molar-refractivity contribution in [2.45, 2.75) is 50.6 Å². The van der Waals surface area contributed by atoms with Crippen LogP contribution in [0.1, 0.15) is 56.2 Å². The number of alkyl halides is 2. The van der Waals surface area contributed by atoms with E-state index < -0.39 is 29.4 Å². The molecule has 1 N–H and O–H groups in total. The van der Waals surface area contributed by atoms with Crippen LogP contribution in [0.4, 0.5) is 19.0 Å². The molecule has 3 aromatic rings. The second-order valence-corrected chi connectivity index (χ2v) is 8.90. The molecule has 2 heterocycles. The van der Waals surface area contributed by atoms with Crippen molar-refractivity contribution >= 4 is 16.6 Å². The average Bonchev–Trinajstić information content (AvgIpc) is 3.31. The maximum absolute atomic E-state index is 14.7. The lowest BCUT2D eigenvalue weighted by molar-refractivity contribution is 0.146. The summed E-state index contributed by atoms with van der Waals surface area (Å²) in [4.78, 5) is 25.5. The summed E-state index contributed by atoms with van der Waals surface area (Å²) in [5.41, 5.74) is -1.42. The predicted octanol–water partition coefficient (Wildman–Crippen LogP) is 4.24. The third kappa shape index (κ3) is 3.05. The summed E-state index contributed by atoms with van der Waals surface area (Å²) in [5.74, 6) is -0.213. The van der Waals surface area contributed by atoms with Gasteiger partial charge in [-0.25, -0.2) is 17.9 Å². The normalized spacial score (nSPS) is 22.9. The van der Waals surface area contributed by atoms with Gasteiger partial charge in [-0.05, 0) is 32.1 Å². The molecule has 2 aromatic heterocycles. The summed E-state index contributed by atoms with van der Waals surface area (Å²) in [6.45, 7) is 1.63. The lowest BCUT2D eigenvalue weighted by Crippen LogP contribution is -2.31. The summed E-state index contributed by atoms with van der Waals surface area (Å²) >= 11 is 0. The Morgan fingerprint density at radius 2 is 1.97 bits per heavy atom. The van der Waals surface area contributed by atoms with E-state index in [1.54, 1.807) is 17.7 Å². The van der Waals surface area contributed by atoms with Crippen molar-refractivity contribution in [2.24, 2.45) is 13.0 Å². The Hall–Kier alpha value is -3.10. The van der Waals surface area contributed by atoms with E-state index in [1.807, 2.05) is 0 Å². The van der Waals surface area contributed by atoms with Crippen molar-refractivity contribution in [3.8, 4) is 0 Å². The molecule has 0 aliphatic heterocycles. The molecule has 0 saturated heterocycles. The van der Waals surface area contributed by atoms with E-state index in [0.29, 0.717) is 11.3 Å². The zero-order valence-electron chi connectivity index (χ0n) is 17.7. The Morgan fingerprint density at radius 3 is 2.62 bits per heavy atom. The first-order chi connectivity index (χ1) is 15.2. The summed E-state index contributed by atoms with van der Waals surface area (Å²) in [6, 6.07) is 4.51. The van der Waals surface area contributed by atoms with Crippen molar-refractivity contribution in [1.29, 1.82) is 0 Å². The number of hydrogen-bond donors (Lipinski definition) is 1. The summed E-state index contributed by atoms with van der Waals surface area (Å²) in [5, 5.41) is 8.03. The third-order valence-electron chi connectivity index (χ3n) is 7.04. The SMILES string of the molecule is C[C@@H](Nc1nn(C)c(=O)c2cc(=O)n([C@]34CCC[C@H]3C4)cc12)c1cccc(C(F)F)c1F. The van der Waals surface area contributed by atoms with Crippen molar-refractivity contribution in [1.82, 2.24) is 14.3 Å². The highest BCUT2D eigenvalue weighted by atomic mass is 19.3. The molecule has 2 aliphatic carbocycles. The van der Waals surface area contributed by atoms with Gasteiger partial charge in [-0.3, -0.25) is 9.59 Å². The number of nitrogens with one attached hydrogen (secondary N) is 1.